The van der Waals surface area contributed by atoms with E-state index in [1.54, 1.807) is 0 Å². The van der Waals surface area contributed by atoms with Gasteiger partial charge in [0.2, 0.25) is 11.8 Å². The summed E-state index contributed by atoms with van der Waals surface area (Å²) in [4.78, 5) is 31.0. The van der Waals surface area contributed by atoms with E-state index in [2.05, 4.69) is 64.6 Å². The molecule has 1 aliphatic rings. The highest BCUT2D eigenvalue weighted by molar-refractivity contribution is 7.15. The van der Waals surface area contributed by atoms with Crippen LogP contribution in [0.25, 0.3) is 10.8 Å². The third kappa shape index (κ3) is 4.62. The van der Waals surface area contributed by atoms with E-state index in [1.807, 2.05) is 6.20 Å². The van der Waals surface area contributed by atoms with Crippen molar-refractivity contribution in [3.05, 3.63) is 59.1 Å². The number of benzene rings is 2. The summed E-state index contributed by atoms with van der Waals surface area (Å²) in [6.45, 7) is 5.38. The molecule has 7 heteroatoms. The molecule has 0 saturated carbocycles. The summed E-state index contributed by atoms with van der Waals surface area (Å²) in [6, 6.07) is 15.0. The quantitative estimate of drug-likeness (QED) is 0.613. The van der Waals surface area contributed by atoms with Gasteiger partial charge >= 0.3 is 0 Å². The lowest BCUT2D eigenvalue weighted by Gasteiger charge is -2.45. The standard InChI is InChI=1S/C24H28N4O2S/c1-16(29)27-23-26-15-21(31-23)14-24(2,28-11-9-18(10-12-28)22(25)30)20-8-7-17-5-3-4-6-19(17)13-20/h3-8,13,15,18H,9-12,14H2,1-2H3,(H2,25,30)(H,26,27,29). The van der Waals surface area contributed by atoms with Gasteiger partial charge in [0.25, 0.3) is 0 Å². The summed E-state index contributed by atoms with van der Waals surface area (Å²) in [6.07, 6.45) is 4.17. The number of fused-ring (bicyclic) bond motifs is 1. The smallest absolute Gasteiger partial charge is 0.223 e. The molecule has 2 amide bonds. The van der Waals surface area contributed by atoms with E-state index in [0.717, 1.165) is 37.2 Å². The van der Waals surface area contributed by atoms with Crippen molar-refractivity contribution in [1.29, 1.82) is 0 Å². The normalized spacial score (nSPS) is 17.4. The van der Waals surface area contributed by atoms with Crippen LogP contribution >= 0.6 is 11.3 Å². The zero-order valence-electron chi connectivity index (χ0n) is 17.9. The Hall–Kier alpha value is -2.77. The number of carbonyl (C=O) groups excluding carboxylic acids is 2. The molecule has 31 heavy (non-hydrogen) atoms. The number of nitrogens with two attached hydrogens (primary N) is 1. The monoisotopic (exact) mass is 436 g/mol. The van der Waals surface area contributed by atoms with Crippen LogP contribution in [0, 0.1) is 5.92 Å². The zero-order chi connectivity index (χ0) is 22.0. The molecule has 0 aliphatic carbocycles. The Bertz CT molecular complexity index is 1100. The van der Waals surface area contributed by atoms with E-state index >= 15 is 0 Å². The summed E-state index contributed by atoms with van der Waals surface area (Å²) in [5.41, 5.74) is 6.53. The molecule has 1 unspecified atom stereocenters. The first-order valence-corrected chi connectivity index (χ1v) is 11.4. The van der Waals surface area contributed by atoms with E-state index in [-0.39, 0.29) is 23.3 Å². The molecule has 0 spiro atoms. The molecule has 6 nitrogen and oxygen atoms in total. The molecule has 2 aromatic carbocycles. The Labute approximate surface area is 186 Å². The van der Waals surface area contributed by atoms with E-state index in [1.165, 1.54) is 34.6 Å². The number of aromatic nitrogens is 1. The summed E-state index contributed by atoms with van der Waals surface area (Å²) in [5, 5.41) is 5.82. The highest BCUT2D eigenvalue weighted by Gasteiger charge is 2.38. The molecule has 0 bridgehead atoms. The molecule has 162 valence electrons. The van der Waals surface area contributed by atoms with Crippen LogP contribution in [0.1, 0.15) is 37.1 Å². The first-order chi connectivity index (χ1) is 14.8. The lowest BCUT2D eigenvalue weighted by molar-refractivity contribution is -0.123. The second kappa shape index (κ2) is 8.77. The van der Waals surface area contributed by atoms with Gasteiger partial charge in [-0.15, -0.1) is 11.3 Å². The van der Waals surface area contributed by atoms with E-state index in [4.69, 9.17) is 5.73 Å². The lowest BCUT2D eigenvalue weighted by atomic mass is 9.82. The molecule has 1 fully saturated rings. The van der Waals surface area contributed by atoms with E-state index in [0.29, 0.717) is 5.13 Å². The Balaban J connectivity index is 1.68. The Morgan fingerprint density at radius 2 is 1.90 bits per heavy atom. The average molecular weight is 437 g/mol. The third-order valence-corrected chi connectivity index (χ3v) is 7.23. The second-order valence-corrected chi connectivity index (χ2v) is 9.60. The van der Waals surface area contributed by atoms with Crippen molar-refractivity contribution in [1.82, 2.24) is 9.88 Å². The Kier molecular flexibility index (Phi) is 6.07. The first kappa shape index (κ1) is 21.5. The minimum absolute atomic E-state index is 0.0492. The maximum atomic E-state index is 11.7. The predicted octanol–water partition coefficient (Wildman–Crippen LogP) is 3.91. The fourth-order valence-electron chi connectivity index (χ4n) is 4.52. The van der Waals surface area contributed by atoms with Crippen molar-refractivity contribution >= 4 is 39.1 Å². The molecule has 4 rings (SSSR count). The maximum absolute atomic E-state index is 11.7. The van der Waals surface area contributed by atoms with Crippen molar-refractivity contribution in [2.75, 3.05) is 18.4 Å². The number of nitrogens with one attached hydrogen (secondary N) is 1. The van der Waals surface area contributed by atoms with Crippen molar-refractivity contribution in [3.8, 4) is 0 Å². The van der Waals surface area contributed by atoms with Crippen molar-refractivity contribution in [2.45, 2.75) is 38.6 Å². The Morgan fingerprint density at radius 1 is 1.19 bits per heavy atom. The molecule has 0 radical (unpaired) electrons. The molecule has 3 aromatic rings. The number of piperidine rings is 1. The van der Waals surface area contributed by atoms with Gasteiger partial charge in [-0.1, -0.05) is 36.4 Å². The van der Waals surface area contributed by atoms with Crippen molar-refractivity contribution in [2.24, 2.45) is 11.7 Å². The van der Waals surface area contributed by atoms with Gasteiger partial charge in [0.05, 0.1) is 0 Å². The van der Waals surface area contributed by atoms with Gasteiger partial charge in [-0.05, 0) is 55.3 Å². The number of thiazole rings is 1. The SMILES string of the molecule is CC(=O)Nc1ncc(CC(C)(c2ccc3ccccc3c2)N2CCC(C(N)=O)CC2)s1. The van der Waals surface area contributed by atoms with Crippen molar-refractivity contribution < 1.29 is 9.59 Å². The molecule has 1 aliphatic heterocycles. The molecule has 1 atom stereocenters. The lowest BCUT2D eigenvalue weighted by Crippen LogP contribution is -2.50. The largest absolute Gasteiger partial charge is 0.369 e. The van der Waals surface area contributed by atoms with Gasteiger partial charge in [0.1, 0.15) is 0 Å². The summed E-state index contributed by atoms with van der Waals surface area (Å²) >= 11 is 1.51. The number of primary amides is 1. The molecule has 1 saturated heterocycles. The predicted molar refractivity (Wildman–Crippen MR) is 125 cm³/mol. The molecule has 1 aromatic heterocycles. The van der Waals surface area contributed by atoms with Crippen molar-refractivity contribution in [3.63, 3.8) is 0 Å². The maximum Gasteiger partial charge on any atom is 0.223 e. The number of rotatable bonds is 6. The number of amides is 2. The van der Waals surface area contributed by atoms with Crippen LogP contribution in [0.3, 0.4) is 0 Å². The summed E-state index contributed by atoms with van der Waals surface area (Å²) in [5.74, 6) is -0.368. The van der Waals surface area contributed by atoms with E-state index in [9.17, 15) is 9.59 Å². The van der Waals surface area contributed by atoms with Crippen LogP contribution in [0.2, 0.25) is 0 Å². The van der Waals surface area contributed by atoms with Gasteiger partial charge < -0.3 is 11.1 Å². The second-order valence-electron chi connectivity index (χ2n) is 8.49. The average Bonchev–Trinajstić information content (AvgIpc) is 3.19. The number of carbonyl (C=O) groups is 2. The number of likely N-dealkylation sites (tertiary alicyclic amines) is 1. The van der Waals surface area contributed by atoms with Crippen LogP contribution in [0.15, 0.2) is 48.7 Å². The third-order valence-electron chi connectivity index (χ3n) is 6.32. The minimum Gasteiger partial charge on any atom is -0.369 e. The number of hydrogen-bond donors (Lipinski definition) is 2. The fraction of sp³-hybridized carbons (Fsp3) is 0.375. The zero-order valence-corrected chi connectivity index (χ0v) is 18.7. The molecule has 2 heterocycles. The topological polar surface area (TPSA) is 88.3 Å². The van der Waals surface area contributed by atoms with Crippen LogP contribution in [0.5, 0.6) is 0 Å². The van der Waals surface area contributed by atoms with Gasteiger partial charge in [-0.25, -0.2) is 4.98 Å². The minimum atomic E-state index is -0.271. The van der Waals surface area contributed by atoms with Gasteiger partial charge in [0, 0.05) is 35.9 Å². The molecular formula is C24H28N4O2S. The van der Waals surface area contributed by atoms with Gasteiger partial charge in [0.15, 0.2) is 5.13 Å². The first-order valence-electron chi connectivity index (χ1n) is 10.6. The number of anilines is 1. The van der Waals surface area contributed by atoms with Crippen LogP contribution < -0.4 is 11.1 Å². The summed E-state index contributed by atoms with van der Waals surface area (Å²) in [7, 11) is 0. The number of nitrogens with zero attached hydrogens (tertiary/aromatic N) is 2. The number of hydrogen-bond acceptors (Lipinski definition) is 5. The van der Waals surface area contributed by atoms with E-state index < -0.39 is 0 Å². The molecular weight excluding hydrogens is 408 g/mol. The van der Waals surface area contributed by atoms with Crippen LogP contribution in [-0.4, -0.2) is 34.8 Å². The fourth-order valence-corrected chi connectivity index (χ4v) is 5.52. The van der Waals surface area contributed by atoms with Gasteiger partial charge in [-0.3, -0.25) is 14.5 Å². The highest BCUT2D eigenvalue weighted by atomic mass is 32.1. The van der Waals surface area contributed by atoms with Crippen LogP contribution in [0.4, 0.5) is 5.13 Å². The molecule has 3 N–H and O–H groups in total. The summed E-state index contributed by atoms with van der Waals surface area (Å²) < 4.78 is 0. The van der Waals surface area contributed by atoms with Gasteiger partial charge in [-0.2, -0.15) is 0 Å². The Morgan fingerprint density at radius 3 is 2.58 bits per heavy atom. The highest BCUT2D eigenvalue weighted by Crippen LogP contribution is 2.38. The van der Waals surface area contributed by atoms with Crippen LogP contribution in [-0.2, 0) is 21.5 Å².